The highest BCUT2D eigenvalue weighted by atomic mass is 16.5. The van der Waals surface area contributed by atoms with Crippen molar-refractivity contribution in [3.63, 3.8) is 0 Å². The Morgan fingerprint density at radius 2 is 1.56 bits per heavy atom. The van der Waals surface area contributed by atoms with Gasteiger partial charge in [0, 0.05) is 0 Å². The summed E-state index contributed by atoms with van der Waals surface area (Å²) in [6.45, 7) is 7.60. The van der Waals surface area contributed by atoms with Gasteiger partial charge in [0.25, 0.3) is 0 Å². The van der Waals surface area contributed by atoms with Crippen LogP contribution in [-0.2, 0) is 0 Å². The highest BCUT2D eigenvalue weighted by Crippen LogP contribution is 2.34. The van der Waals surface area contributed by atoms with Gasteiger partial charge in [-0.1, -0.05) is 69.7 Å². The Hall–Kier alpha value is -2.02. The molecule has 0 aliphatic heterocycles. The van der Waals surface area contributed by atoms with E-state index in [1.165, 1.54) is 54.4 Å². The Labute approximate surface area is 165 Å². The number of benzene rings is 2. The van der Waals surface area contributed by atoms with E-state index in [9.17, 15) is 0 Å². The van der Waals surface area contributed by atoms with Gasteiger partial charge in [-0.05, 0) is 78.3 Å². The second-order valence-electron chi connectivity index (χ2n) is 8.07. The van der Waals surface area contributed by atoms with Crippen LogP contribution in [0.25, 0.3) is 16.7 Å². The van der Waals surface area contributed by atoms with Crippen molar-refractivity contribution in [2.24, 2.45) is 11.8 Å². The largest absolute Gasteiger partial charge is 0.494 e. The van der Waals surface area contributed by atoms with Gasteiger partial charge in [-0.15, -0.1) is 0 Å². The molecule has 1 heteroatoms. The van der Waals surface area contributed by atoms with Gasteiger partial charge in [0.1, 0.15) is 5.75 Å². The molecule has 0 spiro atoms. The lowest BCUT2D eigenvalue weighted by Crippen LogP contribution is -2.09. The predicted molar refractivity (Wildman–Crippen MR) is 117 cm³/mol. The minimum absolute atomic E-state index is 0.779. The third-order valence-electron chi connectivity index (χ3n) is 5.87. The van der Waals surface area contributed by atoms with Gasteiger partial charge in [0.15, 0.2) is 0 Å². The maximum atomic E-state index is 5.68. The number of ether oxygens (including phenoxy) is 1. The number of rotatable bonds is 8. The fourth-order valence-corrected chi connectivity index (χ4v) is 3.94. The van der Waals surface area contributed by atoms with E-state index in [2.05, 4.69) is 75.4 Å². The standard InChI is InChI=1S/C26H34O/c1-4-18-27-26-16-14-25(15-17-26)24-12-10-23(11-13-24)22-8-6-21(7-9-22)19-20(3)5-2/h8,10-17,20-21H,4-7,9,18-19H2,1-3H3. The summed E-state index contributed by atoms with van der Waals surface area (Å²) in [7, 11) is 0. The van der Waals surface area contributed by atoms with Gasteiger partial charge in [-0.3, -0.25) is 0 Å². The van der Waals surface area contributed by atoms with Gasteiger partial charge in [0.05, 0.1) is 6.61 Å². The van der Waals surface area contributed by atoms with Crippen LogP contribution in [0, 0.1) is 11.8 Å². The number of hydrogen-bond acceptors (Lipinski definition) is 1. The van der Waals surface area contributed by atoms with E-state index >= 15 is 0 Å². The fraction of sp³-hybridized carbons (Fsp3) is 0.462. The minimum Gasteiger partial charge on any atom is -0.494 e. The molecule has 144 valence electrons. The van der Waals surface area contributed by atoms with E-state index < -0.39 is 0 Å². The van der Waals surface area contributed by atoms with Crippen LogP contribution >= 0.6 is 0 Å². The summed E-state index contributed by atoms with van der Waals surface area (Å²) >= 11 is 0. The van der Waals surface area contributed by atoms with Crippen LogP contribution in [0.3, 0.4) is 0 Å². The zero-order chi connectivity index (χ0) is 19.1. The Morgan fingerprint density at radius 3 is 2.11 bits per heavy atom. The summed E-state index contributed by atoms with van der Waals surface area (Å²) in [5.74, 6) is 2.70. The van der Waals surface area contributed by atoms with Crippen LogP contribution in [0.4, 0.5) is 0 Å². The quantitative estimate of drug-likeness (QED) is 0.466. The SMILES string of the molecule is CCCOc1ccc(-c2ccc(C3=CCC(CC(C)CC)CC3)cc2)cc1. The summed E-state index contributed by atoms with van der Waals surface area (Å²) in [6.07, 6.45) is 10.0. The summed E-state index contributed by atoms with van der Waals surface area (Å²) in [4.78, 5) is 0. The summed E-state index contributed by atoms with van der Waals surface area (Å²) < 4.78 is 5.68. The molecule has 27 heavy (non-hydrogen) atoms. The van der Waals surface area contributed by atoms with E-state index in [0.29, 0.717) is 0 Å². The van der Waals surface area contributed by atoms with E-state index in [0.717, 1.165) is 30.6 Å². The molecular weight excluding hydrogens is 328 g/mol. The Bertz CT molecular complexity index is 724. The molecule has 1 nitrogen and oxygen atoms in total. The third kappa shape index (κ3) is 5.48. The van der Waals surface area contributed by atoms with Gasteiger partial charge >= 0.3 is 0 Å². The van der Waals surface area contributed by atoms with Crippen molar-refractivity contribution >= 4 is 5.57 Å². The molecular formula is C26H34O. The first-order valence-corrected chi connectivity index (χ1v) is 10.7. The topological polar surface area (TPSA) is 9.23 Å². The Kier molecular flexibility index (Phi) is 7.15. The Morgan fingerprint density at radius 1 is 0.926 bits per heavy atom. The van der Waals surface area contributed by atoms with Crippen LogP contribution in [0.1, 0.15) is 64.9 Å². The van der Waals surface area contributed by atoms with Crippen molar-refractivity contribution in [3.05, 3.63) is 60.2 Å². The van der Waals surface area contributed by atoms with Crippen molar-refractivity contribution in [1.82, 2.24) is 0 Å². The van der Waals surface area contributed by atoms with E-state index in [1.807, 2.05) is 0 Å². The molecule has 0 heterocycles. The lowest BCUT2D eigenvalue weighted by Gasteiger charge is -2.24. The van der Waals surface area contributed by atoms with Crippen molar-refractivity contribution in [2.45, 2.75) is 59.3 Å². The van der Waals surface area contributed by atoms with Crippen molar-refractivity contribution in [1.29, 1.82) is 0 Å². The van der Waals surface area contributed by atoms with Crippen molar-refractivity contribution in [3.8, 4) is 16.9 Å². The Balaban J connectivity index is 1.62. The first-order chi connectivity index (χ1) is 13.2. The first-order valence-electron chi connectivity index (χ1n) is 10.7. The molecule has 1 aliphatic carbocycles. The minimum atomic E-state index is 0.779. The number of allylic oxidation sites excluding steroid dienone is 2. The molecule has 0 aromatic heterocycles. The molecule has 0 saturated heterocycles. The molecule has 0 radical (unpaired) electrons. The smallest absolute Gasteiger partial charge is 0.119 e. The van der Waals surface area contributed by atoms with Gasteiger partial charge in [0.2, 0.25) is 0 Å². The van der Waals surface area contributed by atoms with E-state index in [1.54, 1.807) is 0 Å². The second kappa shape index (κ2) is 9.78. The van der Waals surface area contributed by atoms with Crippen LogP contribution in [0.15, 0.2) is 54.6 Å². The predicted octanol–water partition coefficient (Wildman–Crippen LogP) is 7.76. The summed E-state index contributed by atoms with van der Waals surface area (Å²) in [5.41, 5.74) is 5.44. The highest BCUT2D eigenvalue weighted by Gasteiger charge is 2.17. The fourth-order valence-electron chi connectivity index (χ4n) is 3.94. The molecule has 3 rings (SSSR count). The van der Waals surface area contributed by atoms with Crippen molar-refractivity contribution in [2.75, 3.05) is 6.61 Å². The van der Waals surface area contributed by atoms with E-state index in [4.69, 9.17) is 4.74 Å². The van der Waals surface area contributed by atoms with Crippen LogP contribution < -0.4 is 4.74 Å². The van der Waals surface area contributed by atoms with Gasteiger partial charge < -0.3 is 4.74 Å². The highest BCUT2D eigenvalue weighted by molar-refractivity contribution is 5.71. The lowest BCUT2D eigenvalue weighted by atomic mass is 9.81. The molecule has 2 aromatic carbocycles. The molecule has 2 aromatic rings. The average molecular weight is 363 g/mol. The molecule has 1 aliphatic rings. The zero-order valence-corrected chi connectivity index (χ0v) is 17.2. The first kappa shape index (κ1) is 19.7. The normalized spacial score (nSPS) is 18.0. The van der Waals surface area contributed by atoms with Gasteiger partial charge in [-0.25, -0.2) is 0 Å². The monoisotopic (exact) mass is 362 g/mol. The van der Waals surface area contributed by atoms with Crippen LogP contribution in [-0.4, -0.2) is 6.61 Å². The van der Waals surface area contributed by atoms with Gasteiger partial charge in [-0.2, -0.15) is 0 Å². The molecule has 0 bridgehead atoms. The molecule has 0 amide bonds. The maximum Gasteiger partial charge on any atom is 0.119 e. The molecule has 2 unspecified atom stereocenters. The third-order valence-corrected chi connectivity index (χ3v) is 5.87. The van der Waals surface area contributed by atoms with E-state index in [-0.39, 0.29) is 0 Å². The molecule has 2 atom stereocenters. The molecule has 0 N–H and O–H groups in total. The molecule has 0 saturated carbocycles. The zero-order valence-electron chi connectivity index (χ0n) is 17.2. The lowest BCUT2D eigenvalue weighted by molar-refractivity contribution is 0.317. The average Bonchev–Trinajstić information content (AvgIpc) is 2.73. The van der Waals surface area contributed by atoms with Crippen LogP contribution in [0.5, 0.6) is 5.75 Å². The van der Waals surface area contributed by atoms with Crippen molar-refractivity contribution < 1.29 is 4.74 Å². The number of hydrogen-bond donors (Lipinski definition) is 0. The summed E-state index contributed by atoms with van der Waals surface area (Å²) in [5, 5.41) is 0. The van der Waals surface area contributed by atoms with Crippen LogP contribution in [0.2, 0.25) is 0 Å². The second-order valence-corrected chi connectivity index (χ2v) is 8.07. The molecule has 0 fully saturated rings. The summed E-state index contributed by atoms with van der Waals surface area (Å²) in [6, 6.07) is 17.5. The maximum absolute atomic E-state index is 5.68.